The lowest BCUT2D eigenvalue weighted by Gasteiger charge is -2.30. The van der Waals surface area contributed by atoms with Crippen LogP contribution in [0.15, 0.2) is 66.9 Å². The number of hydrogen-bond acceptors (Lipinski definition) is 6. The molecule has 2 aliphatic rings. The van der Waals surface area contributed by atoms with Gasteiger partial charge in [-0.3, -0.25) is 4.79 Å². The Bertz CT molecular complexity index is 1510. The molecule has 0 unspecified atom stereocenters. The summed E-state index contributed by atoms with van der Waals surface area (Å²) < 4.78 is 20.8. The highest BCUT2D eigenvalue weighted by Crippen LogP contribution is 2.35. The molecule has 6 rings (SSSR count). The van der Waals surface area contributed by atoms with Gasteiger partial charge in [0.05, 0.1) is 0 Å². The van der Waals surface area contributed by atoms with E-state index in [1.807, 2.05) is 36.4 Å². The Morgan fingerprint density at radius 2 is 1.70 bits per heavy atom. The van der Waals surface area contributed by atoms with Gasteiger partial charge in [0.25, 0.3) is 5.91 Å². The van der Waals surface area contributed by atoms with Crippen molar-refractivity contribution in [3.05, 3.63) is 78.2 Å². The van der Waals surface area contributed by atoms with Crippen LogP contribution in [0.4, 0.5) is 21.7 Å². The lowest BCUT2D eigenvalue weighted by Crippen LogP contribution is -2.34. The molecule has 0 radical (unpaired) electrons. The molecule has 3 heterocycles. The molecule has 0 saturated carbocycles. The van der Waals surface area contributed by atoms with E-state index < -0.39 is 5.82 Å². The second-order valence-corrected chi connectivity index (χ2v) is 10.8. The number of halogens is 1. The molecule has 2 fully saturated rings. The molecule has 1 amide bonds. The van der Waals surface area contributed by atoms with Crippen LogP contribution < -0.4 is 19.9 Å². The zero-order valence-electron chi connectivity index (χ0n) is 22.8. The maximum absolute atomic E-state index is 14.5. The van der Waals surface area contributed by atoms with Crippen molar-refractivity contribution < 1.29 is 13.9 Å². The predicted octanol–water partition coefficient (Wildman–Crippen LogP) is 7.04. The molecule has 40 heavy (non-hydrogen) atoms. The van der Waals surface area contributed by atoms with Gasteiger partial charge in [-0.05, 0) is 68.4 Å². The van der Waals surface area contributed by atoms with E-state index in [1.54, 1.807) is 18.3 Å². The second kappa shape index (κ2) is 11.5. The Hall–Kier alpha value is -4.20. The number of benzene rings is 3. The van der Waals surface area contributed by atoms with E-state index in [9.17, 15) is 9.18 Å². The van der Waals surface area contributed by atoms with Crippen LogP contribution in [0.25, 0.3) is 10.8 Å². The van der Waals surface area contributed by atoms with Crippen molar-refractivity contribution >= 4 is 34.0 Å². The van der Waals surface area contributed by atoms with Crippen LogP contribution in [-0.4, -0.2) is 42.1 Å². The highest BCUT2D eigenvalue weighted by atomic mass is 19.1. The Balaban J connectivity index is 1.23. The minimum absolute atomic E-state index is 0.297. The summed E-state index contributed by atoms with van der Waals surface area (Å²) in [6.45, 7) is 5.91. The molecule has 2 saturated heterocycles. The molecule has 1 N–H and O–H groups in total. The maximum atomic E-state index is 14.5. The van der Waals surface area contributed by atoms with Gasteiger partial charge < -0.3 is 19.9 Å². The largest absolute Gasteiger partial charge is 0.438 e. The number of anilines is 3. The number of hydrogen-bond donors (Lipinski definition) is 1. The van der Waals surface area contributed by atoms with Gasteiger partial charge in [-0.2, -0.15) is 4.98 Å². The highest BCUT2D eigenvalue weighted by molar-refractivity contribution is 6.10. The number of nitrogens with one attached hydrogen (secondary N) is 1. The molecule has 8 heteroatoms. The van der Waals surface area contributed by atoms with Gasteiger partial charge in [0.2, 0.25) is 11.8 Å². The lowest BCUT2D eigenvalue weighted by atomic mass is 10.00. The van der Waals surface area contributed by atoms with Crippen LogP contribution >= 0.6 is 0 Å². The summed E-state index contributed by atoms with van der Waals surface area (Å²) in [6, 6.07) is 17.7. The molecule has 206 valence electrons. The van der Waals surface area contributed by atoms with Crippen molar-refractivity contribution in [1.82, 2.24) is 9.97 Å². The van der Waals surface area contributed by atoms with Gasteiger partial charge >= 0.3 is 0 Å². The van der Waals surface area contributed by atoms with Gasteiger partial charge in [-0.1, -0.05) is 31.2 Å². The van der Waals surface area contributed by atoms with E-state index in [2.05, 4.69) is 32.0 Å². The summed E-state index contributed by atoms with van der Waals surface area (Å²) in [5.74, 6) is 1.73. The average molecular weight is 540 g/mol. The summed E-state index contributed by atoms with van der Waals surface area (Å²) in [5.41, 5.74) is 1.68. The van der Waals surface area contributed by atoms with Gasteiger partial charge in [0, 0.05) is 66.2 Å². The third-order valence-corrected chi connectivity index (χ3v) is 7.90. The van der Waals surface area contributed by atoms with Crippen LogP contribution in [0.2, 0.25) is 0 Å². The minimum atomic E-state index is -0.412. The molecule has 4 aromatic rings. The topological polar surface area (TPSA) is 70.6 Å². The molecular weight excluding hydrogens is 505 g/mol. The summed E-state index contributed by atoms with van der Waals surface area (Å²) in [4.78, 5) is 26.8. The molecule has 0 atom stereocenters. The fraction of sp³-hybridized carbons (Fsp3) is 0.344. The summed E-state index contributed by atoms with van der Waals surface area (Å²) >= 11 is 0. The molecule has 0 spiro atoms. The van der Waals surface area contributed by atoms with Gasteiger partial charge in [0.1, 0.15) is 11.6 Å². The van der Waals surface area contributed by atoms with E-state index in [0.29, 0.717) is 28.8 Å². The fourth-order valence-corrected chi connectivity index (χ4v) is 5.57. The van der Waals surface area contributed by atoms with Gasteiger partial charge in [-0.25, -0.2) is 9.37 Å². The quantitative estimate of drug-likeness (QED) is 0.283. The lowest BCUT2D eigenvalue weighted by molar-refractivity contribution is 0.102. The summed E-state index contributed by atoms with van der Waals surface area (Å²) in [6.07, 6.45) is 7.31. The zero-order valence-corrected chi connectivity index (χ0v) is 22.8. The van der Waals surface area contributed by atoms with Crippen LogP contribution in [0.3, 0.4) is 0 Å². The van der Waals surface area contributed by atoms with Crippen molar-refractivity contribution in [3.8, 4) is 11.6 Å². The van der Waals surface area contributed by atoms with E-state index >= 15 is 0 Å². The van der Waals surface area contributed by atoms with Crippen molar-refractivity contribution in [3.63, 3.8) is 0 Å². The van der Waals surface area contributed by atoms with Crippen LogP contribution in [-0.2, 0) is 0 Å². The number of nitrogens with zero attached hydrogens (tertiary/aromatic N) is 4. The first-order valence-electron chi connectivity index (χ1n) is 14.2. The van der Waals surface area contributed by atoms with Crippen LogP contribution in [0.5, 0.6) is 11.6 Å². The molecule has 0 bridgehead atoms. The van der Waals surface area contributed by atoms with Crippen LogP contribution in [0.1, 0.15) is 49.4 Å². The van der Waals surface area contributed by atoms with E-state index in [1.165, 1.54) is 18.6 Å². The molecule has 2 aliphatic heterocycles. The second-order valence-electron chi connectivity index (χ2n) is 10.8. The Morgan fingerprint density at radius 1 is 0.925 bits per heavy atom. The van der Waals surface area contributed by atoms with Crippen molar-refractivity contribution in [1.29, 1.82) is 0 Å². The highest BCUT2D eigenvalue weighted by Gasteiger charge is 2.20. The summed E-state index contributed by atoms with van der Waals surface area (Å²) in [5, 5.41) is 4.65. The average Bonchev–Trinajstić information content (AvgIpc) is 2.99. The van der Waals surface area contributed by atoms with Crippen molar-refractivity contribution in [2.45, 2.75) is 39.0 Å². The third kappa shape index (κ3) is 5.71. The molecular formula is C32H34FN5O2. The predicted molar refractivity (Wildman–Crippen MR) is 157 cm³/mol. The number of amides is 1. The Kier molecular flexibility index (Phi) is 7.49. The van der Waals surface area contributed by atoms with Gasteiger partial charge in [-0.15, -0.1) is 0 Å². The molecule has 0 aliphatic carbocycles. The number of carbonyl (C=O) groups excluding carboxylic acids is 1. The smallest absolute Gasteiger partial charge is 0.255 e. The Morgan fingerprint density at radius 3 is 2.50 bits per heavy atom. The molecule has 7 nitrogen and oxygen atoms in total. The van der Waals surface area contributed by atoms with E-state index in [-0.39, 0.29) is 5.91 Å². The number of aromatic nitrogens is 2. The zero-order chi connectivity index (χ0) is 27.5. The SMILES string of the molecule is CC1CCN(c2nccc(Oc3ccc(NC(=O)c4cc(F)cc(N5CCCCC5)c4)c4ccccc34)n2)CC1. The van der Waals surface area contributed by atoms with Gasteiger partial charge in [0.15, 0.2) is 0 Å². The Labute approximate surface area is 234 Å². The van der Waals surface area contributed by atoms with Crippen molar-refractivity contribution in [2.24, 2.45) is 5.92 Å². The molecule has 1 aromatic heterocycles. The monoisotopic (exact) mass is 539 g/mol. The number of ether oxygens (including phenoxy) is 1. The fourth-order valence-electron chi connectivity index (χ4n) is 5.57. The minimum Gasteiger partial charge on any atom is -0.438 e. The first-order chi connectivity index (χ1) is 19.5. The van der Waals surface area contributed by atoms with E-state index in [4.69, 9.17) is 4.74 Å². The number of rotatable bonds is 6. The number of carbonyl (C=O) groups is 1. The summed E-state index contributed by atoms with van der Waals surface area (Å²) in [7, 11) is 0. The normalized spacial score (nSPS) is 16.2. The molecule has 3 aromatic carbocycles. The third-order valence-electron chi connectivity index (χ3n) is 7.90. The number of fused-ring (bicyclic) bond motifs is 1. The maximum Gasteiger partial charge on any atom is 0.255 e. The first-order valence-corrected chi connectivity index (χ1v) is 14.2. The van der Waals surface area contributed by atoms with E-state index in [0.717, 1.165) is 74.2 Å². The first kappa shape index (κ1) is 26.0. The number of piperidine rings is 2. The van der Waals surface area contributed by atoms with Crippen molar-refractivity contribution in [2.75, 3.05) is 41.3 Å². The standard InChI is InChI=1S/C32H34FN5O2/c1-22-12-17-38(18-13-22)32-34-14-11-30(36-32)40-29-10-9-28(26-7-3-4-8-27(26)29)35-31(39)23-19-24(33)21-25(20-23)37-15-5-2-6-16-37/h3-4,7-11,14,19-22H,2,5-6,12-13,15-18H2,1H3,(H,35,39). The van der Waals surface area contributed by atoms with Crippen LogP contribution in [0, 0.1) is 11.7 Å².